The van der Waals surface area contributed by atoms with Crippen LogP contribution in [0.25, 0.3) is 0 Å². The smallest absolute Gasteiger partial charge is 0.194 e. The zero-order chi connectivity index (χ0) is 15.8. The molecular weight excluding hydrogens is 272 g/mol. The lowest BCUT2D eigenvalue weighted by atomic mass is 10.1. The van der Waals surface area contributed by atoms with E-state index in [0.29, 0.717) is 12.1 Å². The molecule has 0 aliphatic rings. The number of hydrogen-bond donors (Lipinski definition) is 1. The summed E-state index contributed by atoms with van der Waals surface area (Å²) >= 11 is 0. The van der Waals surface area contributed by atoms with Crippen molar-refractivity contribution in [3.05, 3.63) is 71.3 Å². The van der Waals surface area contributed by atoms with E-state index in [-0.39, 0.29) is 0 Å². The highest BCUT2D eigenvalue weighted by atomic mass is 15.3. The molecule has 112 valence electrons. The first kappa shape index (κ1) is 15.6. The number of nitriles is 1. The second-order valence-corrected chi connectivity index (χ2v) is 5.19. The largest absolute Gasteiger partial charge is 0.352 e. The SMILES string of the molecule is CN(C)C(=NCc1cccc(C#N)c1)NCc1ccccc1. The second-order valence-electron chi connectivity index (χ2n) is 5.19. The normalized spacial score (nSPS) is 10.9. The van der Waals surface area contributed by atoms with Gasteiger partial charge in [0.1, 0.15) is 0 Å². The summed E-state index contributed by atoms with van der Waals surface area (Å²) in [5.74, 6) is 0.825. The Kier molecular flexibility index (Phi) is 5.56. The first-order chi connectivity index (χ1) is 10.7. The quantitative estimate of drug-likeness (QED) is 0.696. The van der Waals surface area contributed by atoms with Gasteiger partial charge in [-0.1, -0.05) is 42.5 Å². The standard InChI is InChI=1S/C18H20N4/c1-22(2)18(20-13-15-7-4-3-5-8-15)21-14-17-10-6-9-16(11-17)12-19/h3-11H,13-14H2,1-2H3,(H,20,21). The fraction of sp³-hybridized carbons (Fsp3) is 0.222. The molecule has 0 aliphatic carbocycles. The lowest BCUT2D eigenvalue weighted by Crippen LogP contribution is -2.36. The third kappa shape index (κ3) is 4.64. The van der Waals surface area contributed by atoms with Gasteiger partial charge < -0.3 is 10.2 Å². The molecule has 4 heteroatoms. The molecule has 4 nitrogen and oxygen atoms in total. The van der Waals surface area contributed by atoms with Gasteiger partial charge in [-0.25, -0.2) is 4.99 Å². The minimum Gasteiger partial charge on any atom is -0.352 e. The maximum atomic E-state index is 8.93. The van der Waals surface area contributed by atoms with Crippen LogP contribution in [0, 0.1) is 11.3 Å². The Hall–Kier alpha value is -2.80. The highest BCUT2D eigenvalue weighted by Crippen LogP contribution is 2.06. The lowest BCUT2D eigenvalue weighted by molar-refractivity contribution is 0.578. The highest BCUT2D eigenvalue weighted by Gasteiger charge is 2.02. The molecule has 0 unspecified atom stereocenters. The first-order valence-corrected chi connectivity index (χ1v) is 7.17. The number of nitrogens with one attached hydrogen (secondary N) is 1. The molecule has 2 aromatic rings. The van der Waals surface area contributed by atoms with E-state index in [1.165, 1.54) is 5.56 Å². The van der Waals surface area contributed by atoms with Gasteiger partial charge in [0, 0.05) is 20.6 Å². The number of hydrogen-bond acceptors (Lipinski definition) is 2. The van der Waals surface area contributed by atoms with Crippen molar-refractivity contribution >= 4 is 5.96 Å². The maximum absolute atomic E-state index is 8.93. The summed E-state index contributed by atoms with van der Waals surface area (Å²) in [7, 11) is 3.92. The highest BCUT2D eigenvalue weighted by molar-refractivity contribution is 5.79. The van der Waals surface area contributed by atoms with E-state index in [1.807, 2.05) is 55.4 Å². The van der Waals surface area contributed by atoms with Gasteiger partial charge in [0.05, 0.1) is 18.2 Å². The van der Waals surface area contributed by atoms with Crippen LogP contribution in [-0.2, 0) is 13.1 Å². The van der Waals surface area contributed by atoms with Crippen LogP contribution < -0.4 is 5.32 Å². The Labute approximate surface area is 131 Å². The average molecular weight is 292 g/mol. The fourth-order valence-electron chi connectivity index (χ4n) is 2.04. The summed E-state index contributed by atoms with van der Waals surface area (Å²) in [5.41, 5.74) is 2.90. The molecule has 0 spiro atoms. The Morgan fingerprint density at radius 2 is 1.82 bits per heavy atom. The second kappa shape index (κ2) is 7.84. The Balaban J connectivity index is 2.02. The third-order valence-electron chi connectivity index (χ3n) is 3.18. The van der Waals surface area contributed by atoms with E-state index in [4.69, 9.17) is 5.26 Å². The summed E-state index contributed by atoms with van der Waals surface area (Å²) in [6.45, 7) is 1.28. The Morgan fingerprint density at radius 3 is 2.50 bits per heavy atom. The van der Waals surface area contributed by atoms with Crippen molar-refractivity contribution in [2.45, 2.75) is 13.1 Å². The zero-order valence-corrected chi connectivity index (χ0v) is 13.0. The molecule has 0 bridgehead atoms. The number of nitrogens with zero attached hydrogens (tertiary/aromatic N) is 3. The van der Waals surface area contributed by atoms with Gasteiger partial charge in [0.15, 0.2) is 5.96 Å². The minimum atomic E-state index is 0.546. The lowest BCUT2D eigenvalue weighted by Gasteiger charge is -2.17. The van der Waals surface area contributed by atoms with Crippen molar-refractivity contribution in [2.75, 3.05) is 14.1 Å². The molecule has 0 amide bonds. The van der Waals surface area contributed by atoms with Crippen molar-refractivity contribution < 1.29 is 0 Å². The van der Waals surface area contributed by atoms with Gasteiger partial charge in [0.2, 0.25) is 0 Å². The van der Waals surface area contributed by atoms with Gasteiger partial charge in [-0.3, -0.25) is 0 Å². The van der Waals surface area contributed by atoms with Crippen LogP contribution in [0.4, 0.5) is 0 Å². The van der Waals surface area contributed by atoms with E-state index in [0.717, 1.165) is 18.1 Å². The average Bonchev–Trinajstić information content (AvgIpc) is 2.55. The number of benzene rings is 2. The summed E-state index contributed by atoms with van der Waals surface area (Å²) in [5, 5.41) is 12.3. The van der Waals surface area contributed by atoms with Gasteiger partial charge in [-0.15, -0.1) is 0 Å². The number of rotatable bonds is 4. The van der Waals surface area contributed by atoms with Crippen molar-refractivity contribution in [3.8, 4) is 6.07 Å². The van der Waals surface area contributed by atoms with Crippen LogP contribution >= 0.6 is 0 Å². The number of guanidine groups is 1. The molecular formula is C18H20N4. The number of aliphatic imine (C=N–C) groups is 1. The van der Waals surface area contributed by atoms with Crippen LogP contribution in [0.2, 0.25) is 0 Å². The van der Waals surface area contributed by atoms with Gasteiger partial charge >= 0.3 is 0 Å². The Morgan fingerprint density at radius 1 is 1.09 bits per heavy atom. The summed E-state index contributed by atoms with van der Waals surface area (Å²) in [6.07, 6.45) is 0. The third-order valence-corrected chi connectivity index (χ3v) is 3.18. The molecule has 0 aliphatic heterocycles. The minimum absolute atomic E-state index is 0.546. The van der Waals surface area contributed by atoms with Crippen molar-refractivity contribution in [2.24, 2.45) is 4.99 Å². The molecule has 2 rings (SSSR count). The van der Waals surface area contributed by atoms with Gasteiger partial charge in [-0.2, -0.15) is 5.26 Å². The van der Waals surface area contributed by atoms with Crippen molar-refractivity contribution in [3.63, 3.8) is 0 Å². The van der Waals surface area contributed by atoms with Crippen LogP contribution in [0.15, 0.2) is 59.6 Å². The monoisotopic (exact) mass is 292 g/mol. The van der Waals surface area contributed by atoms with Crippen LogP contribution in [0.1, 0.15) is 16.7 Å². The maximum Gasteiger partial charge on any atom is 0.194 e. The molecule has 2 aromatic carbocycles. The van der Waals surface area contributed by atoms with E-state index >= 15 is 0 Å². The summed E-state index contributed by atoms with van der Waals surface area (Å²) in [4.78, 5) is 6.56. The van der Waals surface area contributed by atoms with Gasteiger partial charge in [-0.05, 0) is 23.3 Å². The van der Waals surface area contributed by atoms with Crippen LogP contribution in [0.5, 0.6) is 0 Å². The fourth-order valence-corrected chi connectivity index (χ4v) is 2.04. The van der Waals surface area contributed by atoms with Gasteiger partial charge in [0.25, 0.3) is 0 Å². The first-order valence-electron chi connectivity index (χ1n) is 7.17. The van der Waals surface area contributed by atoms with Crippen LogP contribution in [-0.4, -0.2) is 25.0 Å². The molecule has 0 fully saturated rings. The van der Waals surface area contributed by atoms with Crippen LogP contribution in [0.3, 0.4) is 0 Å². The molecule has 0 saturated heterocycles. The molecule has 0 atom stereocenters. The molecule has 22 heavy (non-hydrogen) atoms. The molecule has 1 N–H and O–H groups in total. The molecule has 0 heterocycles. The summed E-state index contributed by atoms with van der Waals surface area (Å²) < 4.78 is 0. The van der Waals surface area contributed by atoms with E-state index in [1.54, 1.807) is 6.07 Å². The Bertz CT molecular complexity index is 669. The van der Waals surface area contributed by atoms with Crippen molar-refractivity contribution in [1.82, 2.24) is 10.2 Å². The molecule has 0 radical (unpaired) electrons. The predicted octanol–water partition coefficient (Wildman–Crippen LogP) is 2.77. The topological polar surface area (TPSA) is 51.4 Å². The molecule has 0 saturated carbocycles. The zero-order valence-electron chi connectivity index (χ0n) is 13.0. The molecule has 0 aromatic heterocycles. The van der Waals surface area contributed by atoms with E-state index in [9.17, 15) is 0 Å². The van der Waals surface area contributed by atoms with Crippen molar-refractivity contribution in [1.29, 1.82) is 5.26 Å². The summed E-state index contributed by atoms with van der Waals surface area (Å²) in [6, 6.07) is 19.9. The predicted molar refractivity (Wildman–Crippen MR) is 89.3 cm³/mol. The van der Waals surface area contributed by atoms with E-state index < -0.39 is 0 Å². The van der Waals surface area contributed by atoms with E-state index in [2.05, 4.69) is 28.5 Å².